The average Bonchev–Trinajstić information content (AvgIpc) is 2.76. The third-order valence-corrected chi connectivity index (χ3v) is 5.54. The molecule has 1 amide bonds. The molecule has 168 valence electrons. The molecule has 10 heteroatoms. The highest BCUT2D eigenvalue weighted by molar-refractivity contribution is 7.89. The summed E-state index contributed by atoms with van der Waals surface area (Å²) in [5.41, 5.74) is 1.82. The van der Waals surface area contributed by atoms with Crippen LogP contribution in [0.4, 0.5) is 0 Å². The number of aromatic nitrogens is 2. The normalized spacial score (nSPS) is 11.2. The van der Waals surface area contributed by atoms with Gasteiger partial charge in [-0.25, -0.2) is 18.2 Å². The van der Waals surface area contributed by atoms with Gasteiger partial charge in [0.05, 0.1) is 17.2 Å². The van der Waals surface area contributed by atoms with E-state index in [9.17, 15) is 18.0 Å². The Morgan fingerprint density at radius 2 is 1.75 bits per heavy atom. The molecule has 32 heavy (non-hydrogen) atoms. The Labute approximate surface area is 185 Å². The third kappa shape index (κ3) is 6.25. The van der Waals surface area contributed by atoms with Gasteiger partial charge in [0, 0.05) is 18.2 Å². The van der Waals surface area contributed by atoms with Gasteiger partial charge < -0.3 is 10.1 Å². The zero-order valence-corrected chi connectivity index (χ0v) is 18.3. The lowest BCUT2D eigenvalue weighted by Gasteiger charge is -2.09. The number of sulfonamides is 1. The van der Waals surface area contributed by atoms with Crippen molar-refractivity contribution in [1.29, 1.82) is 0 Å². The molecule has 0 aliphatic rings. The summed E-state index contributed by atoms with van der Waals surface area (Å²) in [6, 6.07) is 16.4. The first-order valence-corrected chi connectivity index (χ1v) is 11.5. The van der Waals surface area contributed by atoms with E-state index in [-0.39, 0.29) is 22.9 Å². The van der Waals surface area contributed by atoms with Crippen molar-refractivity contribution in [2.24, 2.45) is 5.14 Å². The molecule has 0 spiro atoms. The van der Waals surface area contributed by atoms with Gasteiger partial charge in [0.2, 0.25) is 15.9 Å². The van der Waals surface area contributed by atoms with Crippen LogP contribution in [0.25, 0.3) is 11.3 Å². The zero-order valence-electron chi connectivity index (χ0n) is 17.5. The van der Waals surface area contributed by atoms with Crippen LogP contribution in [0.15, 0.2) is 70.4 Å². The van der Waals surface area contributed by atoms with Crippen LogP contribution >= 0.6 is 0 Å². The molecule has 3 N–H and O–H groups in total. The molecule has 0 radical (unpaired) electrons. The number of primary sulfonamides is 1. The monoisotopic (exact) mass is 456 g/mol. The van der Waals surface area contributed by atoms with Gasteiger partial charge in [-0.3, -0.25) is 9.59 Å². The molecular formula is C22H24N4O5S. The Bertz CT molecular complexity index is 1240. The van der Waals surface area contributed by atoms with Crippen molar-refractivity contribution in [2.45, 2.75) is 24.8 Å². The maximum Gasteiger partial charge on any atom is 0.267 e. The highest BCUT2D eigenvalue weighted by Crippen LogP contribution is 2.19. The van der Waals surface area contributed by atoms with E-state index in [1.165, 1.54) is 18.2 Å². The summed E-state index contributed by atoms with van der Waals surface area (Å²) in [6.45, 7) is 2.58. The molecule has 0 aliphatic heterocycles. The number of hydrogen-bond donors (Lipinski definition) is 2. The minimum Gasteiger partial charge on any atom is -0.494 e. The Morgan fingerprint density at radius 3 is 2.38 bits per heavy atom. The summed E-state index contributed by atoms with van der Waals surface area (Å²) in [4.78, 5) is 24.4. The second-order valence-corrected chi connectivity index (χ2v) is 8.52. The number of amides is 1. The number of carbonyl (C=O) groups excluding carboxylic acids is 1. The number of rotatable bonds is 9. The van der Waals surface area contributed by atoms with Crippen molar-refractivity contribution in [3.63, 3.8) is 0 Å². The molecular weight excluding hydrogens is 432 g/mol. The number of nitrogens with zero attached hydrogens (tertiary/aromatic N) is 2. The number of carbonyl (C=O) groups is 1. The molecule has 9 nitrogen and oxygen atoms in total. The maximum atomic E-state index is 12.3. The van der Waals surface area contributed by atoms with Crippen LogP contribution in [-0.4, -0.2) is 37.3 Å². The number of hydrogen-bond acceptors (Lipinski definition) is 6. The fraction of sp³-hybridized carbons (Fsp3) is 0.227. The van der Waals surface area contributed by atoms with E-state index in [1.807, 2.05) is 31.2 Å². The molecule has 0 atom stereocenters. The summed E-state index contributed by atoms with van der Waals surface area (Å²) >= 11 is 0. The van der Waals surface area contributed by atoms with Gasteiger partial charge in [-0.05, 0) is 61.4 Å². The number of ether oxygens (including phenoxy) is 1. The van der Waals surface area contributed by atoms with Gasteiger partial charge in [-0.1, -0.05) is 12.1 Å². The van der Waals surface area contributed by atoms with Gasteiger partial charge in [-0.2, -0.15) is 5.10 Å². The quantitative estimate of drug-likeness (QED) is 0.499. The number of benzene rings is 2. The summed E-state index contributed by atoms with van der Waals surface area (Å²) in [6.07, 6.45) is 0.491. The first kappa shape index (κ1) is 23.2. The van der Waals surface area contributed by atoms with Crippen LogP contribution in [0.1, 0.15) is 12.5 Å². The van der Waals surface area contributed by atoms with E-state index in [1.54, 1.807) is 18.2 Å². The average molecular weight is 457 g/mol. The molecule has 0 bridgehead atoms. The molecule has 0 saturated carbocycles. The van der Waals surface area contributed by atoms with E-state index < -0.39 is 10.0 Å². The fourth-order valence-electron chi connectivity index (χ4n) is 2.99. The Balaban J connectivity index is 1.58. The molecule has 0 aliphatic carbocycles. The Kier molecular flexibility index (Phi) is 7.39. The SMILES string of the molecule is CCOc1ccc(-c2ccc(=O)n(CC(=O)NCCc3ccc(S(N)(=O)=O)cc3)n2)cc1. The first-order chi connectivity index (χ1) is 15.3. The molecule has 2 aromatic carbocycles. The van der Waals surface area contributed by atoms with Crippen molar-refractivity contribution < 1.29 is 17.9 Å². The summed E-state index contributed by atoms with van der Waals surface area (Å²) in [7, 11) is -3.74. The van der Waals surface area contributed by atoms with Crippen LogP contribution in [0.5, 0.6) is 5.75 Å². The molecule has 0 unspecified atom stereocenters. The highest BCUT2D eigenvalue weighted by atomic mass is 32.2. The topological polar surface area (TPSA) is 133 Å². The molecule has 1 heterocycles. The second-order valence-electron chi connectivity index (χ2n) is 6.96. The van der Waals surface area contributed by atoms with Crippen molar-refractivity contribution in [1.82, 2.24) is 15.1 Å². The first-order valence-electron chi connectivity index (χ1n) is 9.96. The minimum absolute atomic E-state index is 0.0307. The summed E-state index contributed by atoms with van der Waals surface area (Å²) in [5.74, 6) is 0.382. The zero-order chi connectivity index (χ0) is 23.1. The number of nitrogens with one attached hydrogen (secondary N) is 1. The van der Waals surface area contributed by atoms with Crippen LogP contribution < -0.4 is 20.8 Å². The van der Waals surface area contributed by atoms with E-state index in [0.29, 0.717) is 25.3 Å². The predicted octanol–water partition coefficient (Wildman–Crippen LogP) is 1.32. The van der Waals surface area contributed by atoms with Gasteiger partial charge in [0.15, 0.2) is 0 Å². The summed E-state index contributed by atoms with van der Waals surface area (Å²) in [5, 5.41) is 12.1. The van der Waals surface area contributed by atoms with Crippen molar-refractivity contribution in [3.05, 3.63) is 76.6 Å². The molecule has 3 rings (SSSR count). The fourth-order valence-corrected chi connectivity index (χ4v) is 3.50. The van der Waals surface area contributed by atoms with Gasteiger partial charge >= 0.3 is 0 Å². The van der Waals surface area contributed by atoms with E-state index in [2.05, 4.69) is 10.4 Å². The molecule has 0 saturated heterocycles. The maximum absolute atomic E-state index is 12.3. The van der Waals surface area contributed by atoms with Crippen LogP contribution in [0, 0.1) is 0 Å². The lowest BCUT2D eigenvalue weighted by atomic mass is 10.1. The lowest BCUT2D eigenvalue weighted by Crippen LogP contribution is -2.34. The smallest absolute Gasteiger partial charge is 0.267 e. The molecule has 1 aromatic heterocycles. The highest BCUT2D eigenvalue weighted by Gasteiger charge is 2.09. The van der Waals surface area contributed by atoms with E-state index in [4.69, 9.17) is 9.88 Å². The van der Waals surface area contributed by atoms with Crippen molar-refractivity contribution in [2.75, 3.05) is 13.2 Å². The predicted molar refractivity (Wildman–Crippen MR) is 120 cm³/mol. The lowest BCUT2D eigenvalue weighted by molar-refractivity contribution is -0.121. The Morgan fingerprint density at radius 1 is 1.06 bits per heavy atom. The van der Waals surface area contributed by atoms with Gasteiger partial charge in [-0.15, -0.1) is 0 Å². The summed E-state index contributed by atoms with van der Waals surface area (Å²) < 4.78 is 29.1. The molecule has 3 aromatic rings. The van der Waals surface area contributed by atoms with Crippen LogP contribution in [-0.2, 0) is 27.8 Å². The van der Waals surface area contributed by atoms with Gasteiger partial charge in [0.1, 0.15) is 12.3 Å². The largest absolute Gasteiger partial charge is 0.494 e. The number of nitrogens with two attached hydrogens (primary N) is 1. The minimum atomic E-state index is -3.74. The standard InChI is InChI=1S/C22H24N4O5S/c1-2-31-18-7-5-17(6-8-18)20-11-12-22(28)26(25-20)15-21(27)24-14-13-16-3-9-19(10-4-16)32(23,29)30/h3-12H,2,13-15H2,1H3,(H,24,27)(H2,23,29,30). The Hall–Kier alpha value is -3.50. The molecule has 0 fully saturated rings. The van der Waals surface area contributed by atoms with Crippen molar-refractivity contribution >= 4 is 15.9 Å². The van der Waals surface area contributed by atoms with E-state index in [0.717, 1.165) is 21.6 Å². The second kappa shape index (κ2) is 10.2. The van der Waals surface area contributed by atoms with Crippen LogP contribution in [0.3, 0.4) is 0 Å². The van der Waals surface area contributed by atoms with E-state index >= 15 is 0 Å². The van der Waals surface area contributed by atoms with Crippen molar-refractivity contribution in [3.8, 4) is 17.0 Å². The van der Waals surface area contributed by atoms with Crippen LogP contribution in [0.2, 0.25) is 0 Å². The third-order valence-electron chi connectivity index (χ3n) is 4.61. The van der Waals surface area contributed by atoms with Gasteiger partial charge in [0.25, 0.3) is 5.56 Å².